The first-order chi connectivity index (χ1) is 22.1. The van der Waals surface area contributed by atoms with Crippen LogP contribution in [0.15, 0.2) is 87.3 Å². The number of aryl methyl sites for hydroxylation is 1. The molecule has 240 valence electrons. The number of methoxy groups -OCH3 is 1. The van der Waals surface area contributed by atoms with Gasteiger partial charge in [0.2, 0.25) is 0 Å². The van der Waals surface area contributed by atoms with Crippen LogP contribution in [0.1, 0.15) is 35.1 Å². The zero-order chi connectivity index (χ0) is 32.8. The van der Waals surface area contributed by atoms with Crippen molar-refractivity contribution in [1.82, 2.24) is 35.1 Å². The second-order valence-corrected chi connectivity index (χ2v) is 12.8. The fourth-order valence-electron chi connectivity index (χ4n) is 5.45. The Labute approximate surface area is 264 Å². The molecule has 2 N–H and O–H groups in total. The van der Waals surface area contributed by atoms with Gasteiger partial charge in [-0.2, -0.15) is 5.21 Å². The zero-order valence-electron chi connectivity index (χ0n) is 25.6. The number of benzene rings is 3. The zero-order valence-corrected chi connectivity index (χ0v) is 26.4. The summed E-state index contributed by atoms with van der Waals surface area (Å²) in [4.78, 5) is 28.5. The van der Waals surface area contributed by atoms with Crippen molar-refractivity contribution in [3.63, 3.8) is 0 Å². The molecular weight excluding hydrogens is 613 g/mol. The van der Waals surface area contributed by atoms with Gasteiger partial charge in [-0.3, -0.25) is 13.9 Å². The molecule has 14 heteroatoms. The van der Waals surface area contributed by atoms with Crippen molar-refractivity contribution in [2.24, 2.45) is 0 Å². The first-order valence-electron chi connectivity index (χ1n) is 14.6. The Morgan fingerprint density at radius 3 is 2.43 bits per heavy atom. The molecule has 2 aromatic heterocycles. The van der Waals surface area contributed by atoms with Crippen molar-refractivity contribution in [3.8, 4) is 16.9 Å². The van der Waals surface area contributed by atoms with Crippen molar-refractivity contribution in [3.05, 3.63) is 122 Å². The number of aromatic nitrogens is 6. The van der Waals surface area contributed by atoms with E-state index >= 15 is 4.39 Å². The lowest BCUT2D eigenvalue weighted by molar-refractivity contribution is 0.387. The summed E-state index contributed by atoms with van der Waals surface area (Å²) in [5.41, 5.74) is -0.0363. The lowest BCUT2D eigenvalue weighted by Gasteiger charge is -2.23. The van der Waals surface area contributed by atoms with Crippen molar-refractivity contribution in [1.29, 1.82) is 0 Å². The number of aromatic amines is 1. The molecule has 0 aliphatic carbocycles. The Balaban J connectivity index is 1.64. The maximum atomic E-state index is 15.7. The van der Waals surface area contributed by atoms with Gasteiger partial charge >= 0.3 is 5.69 Å². The van der Waals surface area contributed by atoms with E-state index < -0.39 is 32.9 Å². The maximum Gasteiger partial charge on any atom is 0.331 e. The fourth-order valence-corrected chi connectivity index (χ4v) is 6.39. The molecule has 0 spiro atoms. The Morgan fingerprint density at radius 2 is 1.74 bits per heavy atom. The van der Waals surface area contributed by atoms with Crippen LogP contribution < -0.4 is 21.3 Å². The minimum Gasteiger partial charge on any atom is -0.494 e. The molecule has 0 saturated heterocycles. The largest absolute Gasteiger partial charge is 0.494 e. The van der Waals surface area contributed by atoms with Crippen LogP contribution in [0, 0.1) is 12.7 Å². The van der Waals surface area contributed by atoms with Crippen LogP contribution in [0.25, 0.3) is 11.1 Å². The molecule has 46 heavy (non-hydrogen) atoms. The van der Waals surface area contributed by atoms with Gasteiger partial charge in [-0.1, -0.05) is 65.9 Å². The minimum absolute atomic E-state index is 0.0308. The lowest BCUT2D eigenvalue weighted by atomic mass is 10.0. The summed E-state index contributed by atoms with van der Waals surface area (Å²) in [6.45, 7) is 1.80. The molecule has 5 aromatic rings. The molecule has 5 rings (SSSR count). The van der Waals surface area contributed by atoms with E-state index in [-0.39, 0.29) is 40.6 Å². The molecule has 0 saturated carbocycles. The highest BCUT2D eigenvalue weighted by Crippen LogP contribution is 2.29. The third-order valence-corrected chi connectivity index (χ3v) is 8.96. The monoisotopic (exact) mass is 647 g/mol. The quantitative estimate of drug-likeness (QED) is 0.184. The molecule has 0 aliphatic heterocycles. The average molecular weight is 648 g/mol. The Kier molecular flexibility index (Phi) is 9.87. The molecule has 0 fully saturated rings. The third-order valence-electron chi connectivity index (χ3n) is 7.76. The normalized spacial score (nSPS) is 12.3. The van der Waals surface area contributed by atoms with Crippen molar-refractivity contribution >= 4 is 9.84 Å². The predicted octanol–water partition coefficient (Wildman–Crippen LogP) is 3.06. The second kappa shape index (κ2) is 14.0. The first-order valence-corrected chi connectivity index (χ1v) is 16.4. The van der Waals surface area contributed by atoms with E-state index in [0.717, 1.165) is 16.4 Å². The summed E-state index contributed by atoms with van der Waals surface area (Å²) in [6.07, 6.45) is 2.30. The second-order valence-electron chi connectivity index (χ2n) is 10.8. The van der Waals surface area contributed by atoms with Crippen LogP contribution in [0.3, 0.4) is 0 Å². The van der Waals surface area contributed by atoms with Gasteiger partial charge in [-0.15, -0.1) is 10.2 Å². The smallest absolute Gasteiger partial charge is 0.331 e. The summed E-state index contributed by atoms with van der Waals surface area (Å²) in [6, 6.07) is 19.7. The van der Waals surface area contributed by atoms with Crippen molar-refractivity contribution in [2.75, 3.05) is 19.9 Å². The number of sulfone groups is 1. The van der Waals surface area contributed by atoms with Gasteiger partial charge in [0.1, 0.15) is 0 Å². The molecular formula is C32H34FN7O5S. The topological polar surface area (TPSA) is 154 Å². The number of halogens is 1. The number of hydrogen-bond donors (Lipinski definition) is 2. The van der Waals surface area contributed by atoms with Gasteiger partial charge in [0, 0.05) is 23.9 Å². The number of nitrogens with one attached hydrogen (secondary N) is 2. The van der Waals surface area contributed by atoms with E-state index in [1.54, 1.807) is 31.2 Å². The molecule has 0 unspecified atom stereocenters. The van der Waals surface area contributed by atoms with Crippen LogP contribution in [0.5, 0.6) is 5.75 Å². The summed E-state index contributed by atoms with van der Waals surface area (Å²) in [5, 5.41) is 17.4. The molecule has 12 nitrogen and oxygen atoms in total. The van der Waals surface area contributed by atoms with Crippen LogP contribution in [0.4, 0.5) is 4.39 Å². The number of H-pyrrole nitrogens is 1. The van der Waals surface area contributed by atoms with Crippen LogP contribution >= 0.6 is 0 Å². The van der Waals surface area contributed by atoms with E-state index in [0.29, 0.717) is 30.8 Å². The number of nitrogens with zero attached hydrogens (tertiary/aromatic N) is 5. The van der Waals surface area contributed by atoms with Gasteiger partial charge in [-0.05, 0) is 43.1 Å². The molecule has 2 heterocycles. The van der Waals surface area contributed by atoms with Crippen LogP contribution in [-0.2, 0) is 29.3 Å². The molecule has 0 radical (unpaired) electrons. The van der Waals surface area contributed by atoms with E-state index in [4.69, 9.17) is 4.74 Å². The molecule has 0 aliphatic rings. The lowest BCUT2D eigenvalue weighted by Crippen LogP contribution is -2.45. The van der Waals surface area contributed by atoms with E-state index in [1.807, 2.05) is 30.3 Å². The summed E-state index contributed by atoms with van der Waals surface area (Å²) >= 11 is 0. The van der Waals surface area contributed by atoms with Gasteiger partial charge in [0.15, 0.2) is 27.2 Å². The van der Waals surface area contributed by atoms with Crippen molar-refractivity contribution in [2.45, 2.75) is 43.8 Å². The van der Waals surface area contributed by atoms with Gasteiger partial charge in [0.05, 0.1) is 36.7 Å². The molecule has 0 amide bonds. The molecule has 0 bridgehead atoms. The van der Waals surface area contributed by atoms with E-state index in [2.05, 4.69) is 25.9 Å². The Morgan fingerprint density at radius 1 is 1.00 bits per heavy atom. The third kappa shape index (κ3) is 6.97. The molecule has 3 aromatic carbocycles. The standard InChI is InChI=1S/C32H34FN7O5S/c1-21-29(24-14-9-15-26(45-2)30(24)33)31(41)40(32(42)39(21)19-23-13-7-8-16-27(23)46(3,43)44)20-25(22-11-5-4-6-12-22)34-18-10-17-28-35-37-38-36-28/h4-9,11-16,25,34H,10,17-20H2,1-3H3,(H,35,36,37,38)/t25-/m0/s1. The average Bonchev–Trinajstić information content (AvgIpc) is 3.57. The SMILES string of the molecule is COc1cccc(-c2c(C)n(Cc3ccccc3S(C)(=O)=O)c(=O)n(C[C@H](NCCCc3nn[nH]n3)c3ccccc3)c2=O)c1F. The van der Waals surface area contributed by atoms with Gasteiger partial charge in [-0.25, -0.2) is 17.6 Å². The Bertz CT molecular complexity index is 2050. The fraction of sp³-hybridized carbons (Fsp3) is 0.281. The Hall–Kier alpha value is -4.95. The maximum absolute atomic E-state index is 15.7. The van der Waals surface area contributed by atoms with E-state index in [1.165, 1.54) is 29.9 Å². The predicted molar refractivity (Wildman–Crippen MR) is 170 cm³/mol. The number of ether oxygens (including phenoxy) is 1. The summed E-state index contributed by atoms with van der Waals surface area (Å²) in [5.74, 6) is -0.249. The highest BCUT2D eigenvalue weighted by atomic mass is 32.2. The van der Waals surface area contributed by atoms with Gasteiger partial charge in [0.25, 0.3) is 5.56 Å². The minimum atomic E-state index is -3.65. The summed E-state index contributed by atoms with van der Waals surface area (Å²) in [7, 11) is -2.32. The van der Waals surface area contributed by atoms with Crippen LogP contribution in [0.2, 0.25) is 0 Å². The van der Waals surface area contributed by atoms with Crippen LogP contribution in [-0.4, -0.2) is 58.1 Å². The number of rotatable bonds is 13. The number of tetrazole rings is 1. The van der Waals surface area contributed by atoms with E-state index in [9.17, 15) is 18.0 Å². The van der Waals surface area contributed by atoms with Crippen molar-refractivity contribution < 1.29 is 17.5 Å². The number of hydrogen-bond acceptors (Lipinski definition) is 9. The highest BCUT2D eigenvalue weighted by Gasteiger charge is 2.25. The highest BCUT2D eigenvalue weighted by molar-refractivity contribution is 7.90. The first kappa shape index (κ1) is 32.4. The summed E-state index contributed by atoms with van der Waals surface area (Å²) < 4.78 is 48.5. The molecule has 1 atom stereocenters. The van der Waals surface area contributed by atoms with Gasteiger partial charge < -0.3 is 10.1 Å².